The van der Waals surface area contributed by atoms with Gasteiger partial charge in [0.1, 0.15) is 5.65 Å². The summed E-state index contributed by atoms with van der Waals surface area (Å²) in [4.78, 5) is 40.8. The third kappa shape index (κ3) is 7.15. The molecule has 0 unspecified atom stereocenters. The third-order valence-electron chi connectivity index (χ3n) is 9.58. The lowest BCUT2D eigenvalue weighted by atomic mass is 9.91. The Morgan fingerprint density at radius 1 is 0.776 bits per heavy atom. The first kappa shape index (κ1) is 32.7. The predicted molar refractivity (Wildman–Crippen MR) is 193 cm³/mol. The van der Waals surface area contributed by atoms with E-state index in [0.717, 1.165) is 64.9 Å². The first-order valence-corrected chi connectivity index (χ1v) is 17.2. The molecule has 49 heavy (non-hydrogen) atoms. The number of nitrogens with zero attached hydrogens (tertiary/aromatic N) is 2. The highest BCUT2D eigenvalue weighted by atomic mass is 35.5. The number of pyridine rings is 1. The number of benzene rings is 3. The fourth-order valence-electron chi connectivity index (χ4n) is 6.84. The van der Waals surface area contributed by atoms with Crippen molar-refractivity contribution < 1.29 is 9.59 Å². The van der Waals surface area contributed by atoms with Gasteiger partial charge in [0.15, 0.2) is 0 Å². The van der Waals surface area contributed by atoms with Crippen LogP contribution in [0.15, 0.2) is 90.0 Å². The molecule has 9 nitrogen and oxygen atoms in total. The van der Waals surface area contributed by atoms with E-state index in [2.05, 4.69) is 75.6 Å². The fraction of sp³-hybridized carbons (Fsp3) is 0.282. The molecule has 0 spiro atoms. The van der Waals surface area contributed by atoms with Gasteiger partial charge in [0.05, 0.1) is 5.02 Å². The maximum absolute atomic E-state index is 13.3. The molecule has 7 rings (SSSR count). The van der Waals surface area contributed by atoms with Crippen LogP contribution in [-0.2, 0) is 22.7 Å². The van der Waals surface area contributed by atoms with Gasteiger partial charge in [0.2, 0.25) is 11.8 Å². The molecule has 2 aliphatic heterocycles. The second-order valence-corrected chi connectivity index (χ2v) is 13.3. The number of amides is 2. The number of rotatable bonds is 11. The zero-order valence-corrected chi connectivity index (χ0v) is 28.1. The monoisotopic (exact) mass is 674 g/mol. The number of aromatic nitrogens is 2. The van der Waals surface area contributed by atoms with Crippen molar-refractivity contribution in [3.05, 3.63) is 117 Å². The van der Waals surface area contributed by atoms with Crippen LogP contribution in [0, 0.1) is 6.92 Å². The number of hydrogen-bond donors (Lipinski definition) is 4. The van der Waals surface area contributed by atoms with E-state index in [1.165, 1.54) is 5.56 Å². The lowest BCUT2D eigenvalue weighted by molar-refractivity contribution is -0.120. The van der Waals surface area contributed by atoms with E-state index in [1.807, 2.05) is 30.3 Å². The van der Waals surface area contributed by atoms with Gasteiger partial charge in [0.25, 0.3) is 5.56 Å². The van der Waals surface area contributed by atoms with Gasteiger partial charge in [-0.1, -0.05) is 72.3 Å². The van der Waals surface area contributed by atoms with Gasteiger partial charge < -0.3 is 21.3 Å². The van der Waals surface area contributed by atoms with Crippen LogP contribution in [0.1, 0.15) is 42.4 Å². The van der Waals surface area contributed by atoms with E-state index < -0.39 is 0 Å². The van der Waals surface area contributed by atoms with Crippen LogP contribution in [0.5, 0.6) is 0 Å². The molecule has 10 heteroatoms. The van der Waals surface area contributed by atoms with Gasteiger partial charge >= 0.3 is 0 Å². The van der Waals surface area contributed by atoms with Crippen molar-refractivity contribution in [2.75, 3.05) is 13.1 Å². The molecule has 2 atom stereocenters. The van der Waals surface area contributed by atoms with Gasteiger partial charge in [-0.25, -0.2) is 4.98 Å². The molecule has 4 heterocycles. The number of nitrogens with one attached hydrogen (secondary N) is 4. The van der Waals surface area contributed by atoms with Crippen molar-refractivity contribution in [1.29, 1.82) is 0 Å². The molecule has 5 aromatic rings. The summed E-state index contributed by atoms with van der Waals surface area (Å²) in [7, 11) is 0. The molecule has 2 aromatic heterocycles. The highest BCUT2D eigenvalue weighted by Gasteiger charge is 2.21. The molecule has 3 aromatic carbocycles. The highest BCUT2D eigenvalue weighted by Crippen LogP contribution is 2.40. The maximum Gasteiger partial charge on any atom is 0.262 e. The van der Waals surface area contributed by atoms with Crippen molar-refractivity contribution in [2.24, 2.45) is 0 Å². The normalized spacial score (nSPS) is 17.4. The summed E-state index contributed by atoms with van der Waals surface area (Å²) in [6.07, 6.45) is 6.27. The standard InChI is InChI=1S/C39H39ClN6O3/c1-24-31(27-16-17-46-35(18-27)43-21-28(39(46)49)20-42-23-30-13-15-37(48)45-30)4-2-5-32(24)34-7-3-6-33(38(34)40)26-10-8-25(9-11-26)19-41-22-29-12-14-36(47)44-29/h2-11,16-18,21,29-30,41-42H,12-15,19-20,22-23H2,1H3,(H,44,47)(H,45,48)/t29-,30+/m0/s1. The quantitative estimate of drug-likeness (QED) is 0.149. The van der Waals surface area contributed by atoms with Crippen molar-refractivity contribution in [3.8, 4) is 33.4 Å². The first-order chi connectivity index (χ1) is 23.8. The van der Waals surface area contributed by atoms with Crippen LogP contribution in [0.4, 0.5) is 0 Å². The molecule has 2 amide bonds. The summed E-state index contributed by atoms with van der Waals surface area (Å²) in [5.41, 5.74) is 9.26. The Morgan fingerprint density at radius 3 is 2.08 bits per heavy atom. The van der Waals surface area contributed by atoms with E-state index >= 15 is 0 Å². The lowest BCUT2D eigenvalue weighted by Gasteiger charge is -2.16. The van der Waals surface area contributed by atoms with Crippen molar-refractivity contribution in [2.45, 2.75) is 57.8 Å². The largest absolute Gasteiger partial charge is 0.352 e. The number of hydrogen-bond acceptors (Lipinski definition) is 6. The van der Waals surface area contributed by atoms with Crippen LogP contribution >= 0.6 is 11.6 Å². The minimum absolute atomic E-state index is 0.0763. The lowest BCUT2D eigenvalue weighted by Crippen LogP contribution is -2.36. The molecule has 0 aliphatic carbocycles. The number of carbonyl (C=O) groups is 2. The molecule has 4 N–H and O–H groups in total. The number of fused-ring (bicyclic) bond motifs is 1. The summed E-state index contributed by atoms with van der Waals surface area (Å²) in [6, 6.07) is 25.0. The Bertz CT molecular complexity index is 2090. The predicted octanol–water partition coefficient (Wildman–Crippen LogP) is 5.39. The Morgan fingerprint density at radius 2 is 1.41 bits per heavy atom. The molecular weight excluding hydrogens is 636 g/mol. The third-order valence-corrected chi connectivity index (χ3v) is 9.98. The van der Waals surface area contributed by atoms with Crippen molar-refractivity contribution in [3.63, 3.8) is 0 Å². The maximum atomic E-state index is 13.3. The minimum atomic E-state index is -0.114. The minimum Gasteiger partial charge on any atom is -0.352 e. The van der Waals surface area contributed by atoms with E-state index in [1.54, 1.807) is 16.8 Å². The Hall–Kier alpha value is -4.83. The second-order valence-electron chi connectivity index (χ2n) is 12.9. The summed E-state index contributed by atoms with van der Waals surface area (Å²) in [6.45, 7) is 4.58. The summed E-state index contributed by atoms with van der Waals surface area (Å²) < 4.78 is 1.58. The molecule has 250 valence electrons. The summed E-state index contributed by atoms with van der Waals surface area (Å²) in [5.74, 6) is 0.210. The van der Waals surface area contributed by atoms with Gasteiger partial charge in [-0.3, -0.25) is 18.8 Å². The number of halogens is 1. The SMILES string of the molecule is Cc1c(-c2ccn3c(=O)c(CNC[C@H]4CCC(=O)N4)cnc3c2)cccc1-c1cccc(-c2ccc(CNC[C@@H]3CCC(=O)N3)cc2)c1Cl. The fourth-order valence-corrected chi connectivity index (χ4v) is 7.18. The topological polar surface area (TPSA) is 117 Å². The van der Waals surface area contributed by atoms with E-state index in [0.29, 0.717) is 42.2 Å². The van der Waals surface area contributed by atoms with Gasteiger partial charge in [0, 0.05) is 80.2 Å². The zero-order chi connectivity index (χ0) is 33.9. The van der Waals surface area contributed by atoms with Gasteiger partial charge in [-0.2, -0.15) is 0 Å². The smallest absolute Gasteiger partial charge is 0.262 e. The Balaban J connectivity index is 1.07. The van der Waals surface area contributed by atoms with E-state index in [4.69, 9.17) is 11.6 Å². The van der Waals surface area contributed by atoms with Crippen LogP contribution < -0.4 is 26.8 Å². The average molecular weight is 675 g/mol. The first-order valence-electron chi connectivity index (χ1n) is 16.8. The van der Waals surface area contributed by atoms with Gasteiger partial charge in [-0.05, 0) is 65.3 Å². The van der Waals surface area contributed by atoms with Crippen LogP contribution in [0.3, 0.4) is 0 Å². The van der Waals surface area contributed by atoms with E-state index in [-0.39, 0.29) is 29.5 Å². The Kier molecular flexibility index (Phi) is 9.57. The summed E-state index contributed by atoms with van der Waals surface area (Å²) in [5, 5.41) is 13.3. The van der Waals surface area contributed by atoms with Crippen LogP contribution in [0.2, 0.25) is 5.02 Å². The number of carbonyl (C=O) groups excluding carboxylic acids is 2. The second kappa shape index (κ2) is 14.3. The molecule has 0 saturated carbocycles. The Labute approximate surface area is 290 Å². The van der Waals surface area contributed by atoms with Gasteiger partial charge in [-0.15, -0.1) is 0 Å². The highest BCUT2D eigenvalue weighted by molar-refractivity contribution is 6.36. The van der Waals surface area contributed by atoms with Crippen molar-refractivity contribution >= 4 is 29.1 Å². The summed E-state index contributed by atoms with van der Waals surface area (Å²) >= 11 is 7.13. The van der Waals surface area contributed by atoms with E-state index in [9.17, 15) is 14.4 Å². The molecule has 0 radical (unpaired) electrons. The molecule has 0 bridgehead atoms. The molecular formula is C39H39ClN6O3. The van der Waals surface area contributed by atoms with Crippen molar-refractivity contribution in [1.82, 2.24) is 30.7 Å². The molecule has 2 saturated heterocycles. The average Bonchev–Trinajstić information content (AvgIpc) is 3.73. The van der Waals surface area contributed by atoms with Crippen LogP contribution in [0.25, 0.3) is 39.0 Å². The zero-order valence-electron chi connectivity index (χ0n) is 27.4. The molecule has 2 fully saturated rings. The molecule has 2 aliphatic rings. The van der Waals surface area contributed by atoms with Crippen LogP contribution in [-0.4, -0.2) is 46.4 Å².